The number of nitrogens with zero attached hydrogens (tertiary/aromatic N) is 1. The molecular weight excluding hydrogens is 294 g/mol. The van der Waals surface area contributed by atoms with Gasteiger partial charge < -0.3 is 20.3 Å². The van der Waals surface area contributed by atoms with Crippen LogP contribution in [-0.4, -0.2) is 43.3 Å². The van der Waals surface area contributed by atoms with E-state index in [0.717, 1.165) is 36.9 Å². The third-order valence-electron chi connectivity index (χ3n) is 4.01. The summed E-state index contributed by atoms with van der Waals surface area (Å²) in [6, 6.07) is 7.78. The second kappa shape index (κ2) is 8.96. The van der Waals surface area contributed by atoms with Crippen molar-refractivity contribution in [3.05, 3.63) is 24.3 Å². The summed E-state index contributed by atoms with van der Waals surface area (Å²) >= 11 is 5.33. The minimum Gasteiger partial charge on any atom is -0.497 e. The van der Waals surface area contributed by atoms with Gasteiger partial charge in [0.25, 0.3) is 0 Å². The lowest BCUT2D eigenvalue weighted by molar-refractivity contribution is 0.182. The lowest BCUT2D eigenvalue weighted by atomic mass is 10.0. The highest BCUT2D eigenvalue weighted by Crippen LogP contribution is 2.17. The summed E-state index contributed by atoms with van der Waals surface area (Å²) in [5, 5.41) is 7.13. The van der Waals surface area contributed by atoms with Crippen LogP contribution in [0.25, 0.3) is 0 Å². The van der Waals surface area contributed by atoms with Crippen LogP contribution in [0.5, 0.6) is 5.75 Å². The van der Waals surface area contributed by atoms with E-state index in [1.165, 1.54) is 25.9 Å². The summed E-state index contributed by atoms with van der Waals surface area (Å²) in [5.74, 6) is 1.67. The molecule has 1 aliphatic heterocycles. The summed E-state index contributed by atoms with van der Waals surface area (Å²) in [6.45, 7) is 6.89. The molecule has 2 N–H and O–H groups in total. The minimum atomic E-state index is 0.667. The quantitative estimate of drug-likeness (QED) is 0.622. The molecule has 1 aromatic carbocycles. The van der Waals surface area contributed by atoms with Gasteiger partial charge in [0.05, 0.1) is 7.11 Å². The summed E-state index contributed by atoms with van der Waals surface area (Å²) in [5.41, 5.74) is 0.946. The molecule has 0 spiro atoms. The van der Waals surface area contributed by atoms with Crippen LogP contribution in [0.1, 0.15) is 26.2 Å². The molecule has 1 aliphatic rings. The molecule has 1 heterocycles. The maximum atomic E-state index is 5.33. The van der Waals surface area contributed by atoms with Crippen LogP contribution >= 0.6 is 12.2 Å². The van der Waals surface area contributed by atoms with E-state index in [0.29, 0.717) is 5.11 Å². The van der Waals surface area contributed by atoms with Crippen LogP contribution in [-0.2, 0) is 0 Å². The molecule has 1 aromatic rings. The van der Waals surface area contributed by atoms with E-state index in [1.807, 2.05) is 24.3 Å². The number of benzene rings is 1. The number of ether oxygens (including phenoxy) is 1. The van der Waals surface area contributed by atoms with Crippen molar-refractivity contribution in [3.8, 4) is 5.75 Å². The predicted molar refractivity (Wildman–Crippen MR) is 96.7 cm³/mol. The Morgan fingerprint density at radius 1 is 1.45 bits per heavy atom. The zero-order valence-corrected chi connectivity index (χ0v) is 14.4. The highest BCUT2D eigenvalue weighted by atomic mass is 32.1. The number of rotatable bonds is 6. The number of nitrogens with one attached hydrogen (secondary N) is 2. The van der Waals surface area contributed by atoms with Gasteiger partial charge in [0.2, 0.25) is 0 Å². The van der Waals surface area contributed by atoms with E-state index in [-0.39, 0.29) is 0 Å². The Morgan fingerprint density at radius 2 is 2.32 bits per heavy atom. The van der Waals surface area contributed by atoms with Gasteiger partial charge in [-0.1, -0.05) is 13.0 Å². The summed E-state index contributed by atoms with van der Waals surface area (Å²) in [6.07, 6.45) is 3.83. The number of piperidine rings is 1. The van der Waals surface area contributed by atoms with Crippen molar-refractivity contribution in [2.45, 2.75) is 26.2 Å². The smallest absolute Gasteiger partial charge is 0.170 e. The molecular formula is C17H27N3OS. The molecule has 0 amide bonds. The Balaban J connectivity index is 1.63. The van der Waals surface area contributed by atoms with Gasteiger partial charge in [-0.25, -0.2) is 0 Å². The second-order valence-electron chi connectivity index (χ2n) is 6.01. The van der Waals surface area contributed by atoms with Gasteiger partial charge in [-0.15, -0.1) is 0 Å². The van der Waals surface area contributed by atoms with Crippen molar-refractivity contribution in [3.63, 3.8) is 0 Å². The van der Waals surface area contributed by atoms with E-state index < -0.39 is 0 Å². The van der Waals surface area contributed by atoms with Gasteiger partial charge in [-0.3, -0.25) is 0 Å². The van der Waals surface area contributed by atoms with E-state index in [4.69, 9.17) is 17.0 Å². The van der Waals surface area contributed by atoms with E-state index >= 15 is 0 Å². The third-order valence-corrected chi connectivity index (χ3v) is 4.25. The largest absolute Gasteiger partial charge is 0.497 e. The normalized spacial score (nSPS) is 18.7. The van der Waals surface area contributed by atoms with Crippen molar-refractivity contribution in [1.29, 1.82) is 0 Å². The second-order valence-corrected chi connectivity index (χ2v) is 6.42. The highest BCUT2D eigenvalue weighted by molar-refractivity contribution is 7.80. The first-order valence-electron chi connectivity index (χ1n) is 8.08. The molecule has 1 saturated heterocycles. The third kappa shape index (κ3) is 5.81. The minimum absolute atomic E-state index is 0.667. The first kappa shape index (κ1) is 17.0. The molecule has 0 unspecified atom stereocenters. The average Bonchev–Trinajstić information content (AvgIpc) is 2.52. The van der Waals surface area contributed by atoms with Crippen LogP contribution in [0, 0.1) is 5.92 Å². The Hall–Kier alpha value is -1.33. The van der Waals surface area contributed by atoms with Crippen LogP contribution in [0.3, 0.4) is 0 Å². The topological polar surface area (TPSA) is 36.5 Å². The standard InChI is InChI=1S/C17H27N3OS/c1-14-6-4-10-20(13-14)11-5-9-18-17(22)19-15-7-3-8-16(12-15)21-2/h3,7-8,12,14H,4-6,9-11,13H2,1-2H3,(H2,18,19,22)/t14-/m0/s1. The lowest BCUT2D eigenvalue weighted by Crippen LogP contribution is -2.37. The van der Waals surface area contributed by atoms with E-state index in [9.17, 15) is 0 Å². The summed E-state index contributed by atoms with van der Waals surface area (Å²) in [4.78, 5) is 2.56. The SMILES string of the molecule is COc1cccc(NC(=S)NCCCN2CCC[C@H](C)C2)c1. The average molecular weight is 321 g/mol. The molecule has 2 rings (SSSR count). The number of thiocarbonyl (C=S) groups is 1. The Bertz CT molecular complexity index is 481. The number of methoxy groups -OCH3 is 1. The van der Waals surface area contributed by atoms with Gasteiger partial charge in [-0.2, -0.15) is 0 Å². The Kier molecular flexibility index (Phi) is 6.93. The van der Waals surface area contributed by atoms with Crippen molar-refractivity contribution >= 4 is 23.0 Å². The number of likely N-dealkylation sites (tertiary alicyclic amines) is 1. The van der Waals surface area contributed by atoms with Crippen molar-refractivity contribution in [2.24, 2.45) is 5.92 Å². The zero-order chi connectivity index (χ0) is 15.8. The molecule has 5 heteroatoms. The van der Waals surface area contributed by atoms with Gasteiger partial charge in [-0.05, 0) is 62.6 Å². The monoisotopic (exact) mass is 321 g/mol. The molecule has 1 fully saturated rings. The number of hydrogen-bond donors (Lipinski definition) is 2. The Morgan fingerprint density at radius 3 is 3.09 bits per heavy atom. The lowest BCUT2D eigenvalue weighted by Gasteiger charge is -2.30. The fourth-order valence-electron chi connectivity index (χ4n) is 2.87. The number of hydrogen-bond acceptors (Lipinski definition) is 3. The molecule has 0 aromatic heterocycles. The molecule has 122 valence electrons. The van der Waals surface area contributed by atoms with Crippen LogP contribution in [0.15, 0.2) is 24.3 Å². The van der Waals surface area contributed by atoms with Crippen LogP contribution in [0.2, 0.25) is 0 Å². The van der Waals surface area contributed by atoms with E-state index in [1.54, 1.807) is 7.11 Å². The maximum Gasteiger partial charge on any atom is 0.170 e. The molecule has 22 heavy (non-hydrogen) atoms. The first-order valence-corrected chi connectivity index (χ1v) is 8.49. The predicted octanol–water partition coefficient (Wildman–Crippen LogP) is 3.10. The summed E-state index contributed by atoms with van der Waals surface area (Å²) < 4.78 is 5.20. The fourth-order valence-corrected chi connectivity index (χ4v) is 3.09. The van der Waals surface area contributed by atoms with Gasteiger partial charge in [0, 0.05) is 24.8 Å². The van der Waals surface area contributed by atoms with E-state index in [2.05, 4.69) is 22.5 Å². The van der Waals surface area contributed by atoms with Gasteiger partial charge in [0.15, 0.2) is 5.11 Å². The number of anilines is 1. The van der Waals surface area contributed by atoms with Gasteiger partial charge in [0.1, 0.15) is 5.75 Å². The van der Waals surface area contributed by atoms with Gasteiger partial charge >= 0.3 is 0 Å². The molecule has 0 aliphatic carbocycles. The molecule has 1 atom stereocenters. The molecule has 0 bridgehead atoms. The zero-order valence-electron chi connectivity index (χ0n) is 13.6. The molecule has 0 radical (unpaired) electrons. The van der Waals surface area contributed by atoms with Crippen LogP contribution < -0.4 is 15.4 Å². The fraction of sp³-hybridized carbons (Fsp3) is 0.588. The molecule has 0 saturated carbocycles. The highest BCUT2D eigenvalue weighted by Gasteiger charge is 2.15. The molecule has 4 nitrogen and oxygen atoms in total. The van der Waals surface area contributed by atoms with Crippen molar-refractivity contribution in [2.75, 3.05) is 38.6 Å². The van der Waals surface area contributed by atoms with Crippen molar-refractivity contribution < 1.29 is 4.74 Å². The summed E-state index contributed by atoms with van der Waals surface area (Å²) in [7, 11) is 1.66. The van der Waals surface area contributed by atoms with Crippen molar-refractivity contribution in [1.82, 2.24) is 10.2 Å². The first-order chi connectivity index (χ1) is 10.7. The van der Waals surface area contributed by atoms with Crippen LogP contribution in [0.4, 0.5) is 5.69 Å². The maximum absolute atomic E-state index is 5.33. The Labute approximate surface area is 139 Å².